The number of fused-ring (bicyclic) bond motifs is 1. The Kier molecular flexibility index (Phi) is 3.19. The molecule has 2 heterocycles. The SMILES string of the molecule is CC(CO)(CO)Oc1ccc2nc(Cl)nn2c1. The van der Waals surface area contributed by atoms with Crippen LogP contribution in [-0.4, -0.2) is 43.6 Å². The summed E-state index contributed by atoms with van der Waals surface area (Å²) in [6.45, 7) is 1.02. The first-order chi connectivity index (χ1) is 8.06. The van der Waals surface area contributed by atoms with E-state index in [1.54, 1.807) is 25.3 Å². The highest BCUT2D eigenvalue weighted by atomic mass is 35.5. The minimum atomic E-state index is -1.03. The van der Waals surface area contributed by atoms with Crippen molar-refractivity contribution in [3.05, 3.63) is 23.6 Å². The third-order valence-electron chi connectivity index (χ3n) is 2.31. The van der Waals surface area contributed by atoms with Gasteiger partial charge in [0.2, 0.25) is 5.28 Å². The molecule has 0 radical (unpaired) electrons. The minimum absolute atomic E-state index is 0.147. The Morgan fingerprint density at radius 2 is 2.12 bits per heavy atom. The standard InChI is InChI=1S/C10H12ClN3O3/c1-10(5-15,6-16)17-7-2-3-8-12-9(11)13-14(8)4-7/h2-4,15-16H,5-6H2,1H3. The molecule has 0 atom stereocenters. The van der Waals surface area contributed by atoms with Crippen LogP contribution in [0, 0.1) is 0 Å². The summed E-state index contributed by atoms with van der Waals surface area (Å²) < 4.78 is 6.95. The molecule has 0 amide bonds. The zero-order chi connectivity index (χ0) is 12.5. The van der Waals surface area contributed by atoms with Crippen molar-refractivity contribution >= 4 is 17.2 Å². The molecule has 17 heavy (non-hydrogen) atoms. The van der Waals surface area contributed by atoms with Crippen LogP contribution >= 0.6 is 11.6 Å². The lowest BCUT2D eigenvalue weighted by molar-refractivity contribution is -0.0197. The molecule has 7 heteroatoms. The van der Waals surface area contributed by atoms with Gasteiger partial charge in [-0.1, -0.05) is 0 Å². The van der Waals surface area contributed by atoms with Gasteiger partial charge >= 0.3 is 0 Å². The molecule has 2 rings (SSSR count). The lowest BCUT2D eigenvalue weighted by Crippen LogP contribution is -2.40. The van der Waals surface area contributed by atoms with E-state index in [1.165, 1.54) is 4.52 Å². The topological polar surface area (TPSA) is 79.9 Å². The van der Waals surface area contributed by atoms with Crippen molar-refractivity contribution in [1.82, 2.24) is 14.6 Å². The average molecular weight is 258 g/mol. The van der Waals surface area contributed by atoms with Crippen LogP contribution in [-0.2, 0) is 0 Å². The predicted octanol–water partition coefficient (Wildman–Crippen LogP) is 0.505. The van der Waals surface area contributed by atoms with Crippen molar-refractivity contribution in [2.24, 2.45) is 0 Å². The Morgan fingerprint density at radius 1 is 1.41 bits per heavy atom. The lowest BCUT2D eigenvalue weighted by Gasteiger charge is -2.26. The number of ether oxygens (including phenoxy) is 1. The first-order valence-corrected chi connectivity index (χ1v) is 5.37. The van der Waals surface area contributed by atoms with Gasteiger partial charge in [0.1, 0.15) is 5.75 Å². The van der Waals surface area contributed by atoms with Gasteiger partial charge in [0.15, 0.2) is 11.2 Å². The van der Waals surface area contributed by atoms with Gasteiger partial charge in [-0.25, -0.2) is 4.52 Å². The molecule has 2 N–H and O–H groups in total. The summed E-state index contributed by atoms with van der Waals surface area (Å²) in [6, 6.07) is 3.35. The van der Waals surface area contributed by atoms with Gasteiger partial charge < -0.3 is 14.9 Å². The molecular formula is C10H12ClN3O3. The highest BCUT2D eigenvalue weighted by Crippen LogP contribution is 2.19. The van der Waals surface area contributed by atoms with Crippen LogP contribution < -0.4 is 4.74 Å². The van der Waals surface area contributed by atoms with Crippen LogP contribution in [0.3, 0.4) is 0 Å². The molecule has 0 fully saturated rings. The van der Waals surface area contributed by atoms with Crippen LogP contribution in [0.25, 0.3) is 5.65 Å². The summed E-state index contributed by atoms with van der Waals surface area (Å²) in [5, 5.41) is 22.3. The number of aliphatic hydroxyl groups excluding tert-OH is 2. The Bertz CT molecular complexity index is 524. The molecule has 92 valence electrons. The fourth-order valence-electron chi connectivity index (χ4n) is 1.30. The van der Waals surface area contributed by atoms with E-state index in [9.17, 15) is 0 Å². The van der Waals surface area contributed by atoms with Gasteiger partial charge in [0.25, 0.3) is 0 Å². The molecule has 0 saturated heterocycles. The smallest absolute Gasteiger partial charge is 0.243 e. The Labute approximate surface area is 102 Å². The number of aromatic nitrogens is 3. The van der Waals surface area contributed by atoms with Crippen LogP contribution in [0.15, 0.2) is 18.3 Å². The van der Waals surface area contributed by atoms with Crippen molar-refractivity contribution < 1.29 is 14.9 Å². The molecule has 6 nitrogen and oxygen atoms in total. The largest absolute Gasteiger partial charge is 0.481 e. The van der Waals surface area contributed by atoms with E-state index in [0.29, 0.717) is 11.4 Å². The number of hydrogen-bond acceptors (Lipinski definition) is 5. The highest BCUT2D eigenvalue weighted by molar-refractivity contribution is 6.28. The summed E-state index contributed by atoms with van der Waals surface area (Å²) in [6.07, 6.45) is 1.58. The van der Waals surface area contributed by atoms with E-state index >= 15 is 0 Å². The van der Waals surface area contributed by atoms with Crippen LogP contribution in [0.5, 0.6) is 5.75 Å². The summed E-state index contributed by atoms with van der Waals surface area (Å²) >= 11 is 5.66. The molecule has 0 spiro atoms. The Hall–Kier alpha value is -1.37. The summed E-state index contributed by atoms with van der Waals surface area (Å²) in [7, 11) is 0. The molecule has 2 aromatic rings. The second-order valence-electron chi connectivity index (χ2n) is 3.92. The maximum atomic E-state index is 9.12. The normalized spacial score (nSPS) is 12.0. The van der Waals surface area contributed by atoms with Gasteiger partial charge in [-0.05, 0) is 30.7 Å². The number of halogens is 1. The fourth-order valence-corrected chi connectivity index (χ4v) is 1.46. The van der Waals surface area contributed by atoms with Gasteiger partial charge in [0, 0.05) is 0 Å². The van der Waals surface area contributed by atoms with E-state index < -0.39 is 5.60 Å². The zero-order valence-corrected chi connectivity index (χ0v) is 9.92. The number of pyridine rings is 1. The summed E-state index contributed by atoms with van der Waals surface area (Å²) in [5.41, 5.74) is -0.435. The first-order valence-electron chi connectivity index (χ1n) is 4.99. The fraction of sp³-hybridized carbons (Fsp3) is 0.400. The Morgan fingerprint density at radius 3 is 2.76 bits per heavy atom. The third kappa shape index (κ3) is 2.49. The first kappa shape index (κ1) is 12.1. The second-order valence-corrected chi connectivity index (χ2v) is 4.25. The van der Waals surface area contributed by atoms with Crippen LogP contribution in [0.4, 0.5) is 0 Å². The molecule has 0 aliphatic heterocycles. The maximum Gasteiger partial charge on any atom is 0.243 e. The van der Waals surface area contributed by atoms with E-state index in [4.69, 9.17) is 26.6 Å². The molecule has 0 unspecified atom stereocenters. The van der Waals surface area contributed by atoms with Crippen molar-refractivity contribution in [2.45, 2.75) is 12.5 Å². The van der Waals surface area contributed by atoms with E-state index in [2.05, 4.69) is 10.1 Å². The summed E-state index contributed by atoms with van der Waals surface area (Å²) in [5.74, 6) is 0.463. The van der Waals surface area contributed by atoms with E-state index in [1.807, 2.05) is 0 Å². The monoisotopic (exact) mass is 257 g/mol. The minimum Gasteiger partial charge on any atom is -0.481 e. The lowest BCUT2D eigenvalue weighted by atomic mass is 10.1. The molecule has 0 saturated carbocycles. The molecule has 0 bridgehead atoms. The van der Waals surface area contributed by atoms with Crippen molar-refractivity contribution in [3.8, 4) is 5.75 Å². The number of nitrogens with zero attached hydrogens (tertiary/aromatic N) is 3. The van der Waals surface area contributed by atoms with Gasteiger partial charge in [-0.15, -0.1) is 5.10 Å². The Balaban J connectivity index is 2.30. The van der Waals surface area contributed by atoms with Crippen LogP contribution in [0.1, 0.15) is 6.92 Å². The number of aliphatic hydroxyl groups is 2. The molecule has 0 aliphatic rings. The maximum absolute atomic E-state index is 9.12. The molecular weight excluding hydrogens is 246 g/mol. The zero-order valence-electron chi connectivity index (χ0n) is 9.17. The van der Waals surface area contributed by atoms with Crippen molar-refractivity contribution in [1.29, 1.82) is 0 Å². The molecule has 0 aliphatic carbocycles. The molecule has 0 aromatic carbocycles. The highest BCUT2D eigenvalue weighted by Gasteiger charge is 2.24. The quantitative estimate of drug-likeness (QED) is 0.834. The van der Waals surface area contributed by atoms with E-state index in [0.717, 1.165) is 0 Å². The van der Waals surface area contributed by atoms with Crippen LogP contribution in [0.2, 0.25) is 5.28 Å². The van der Waals surface area contributed by atoms with Crippen molar-refractivity contribution in [3.63, 3.8) is 0 Å². The van der Waals surface area contributed by atoms with Gasteiger partial charge in [-0.2, -0.15) is 4.98 Å². The number of hydrogen-bond donors (Lipinski definition) is 2. The van der Waals surface area contributed by atoms with Gasteiger partial charge in [0.05, 0.1) is 19.4 Å². The predicted molar refractivity (Wildman–Crippen MR) is 61.2 cm³/mol. The molecule has 2 aromatic heterocycles. The van der Waals surface area contributed by atoms with Gasteiger partial charge in [-0.3, -0.25) is 0 Å². The van der Waals surface area contributed by atoms with E-state index in [-0.39, 0.29) is 18.5 Å². The summed E-state index contributed by atoms with van der Waals surface area (Å²) in [4.78, 5) is 3.95. The second kappa shape index (κ2) is 4.48. The number of rotatable bonds is 4. The third-order valence-corrected chi connectivity index (χ3v) is 2.47. The average Bonchev–Trinajstić information content (AvgIpc) is 2.68. The van der Waals surface area contributed by atoms with Crippen molar-refractivity contribution in [2.75, 3.05) is 13.2 Å².